The number of halogens is 2. The summed E-state index contributed by atoms with van der Waals surface area (Å²) in [7, 11) is 0. The van der Waals surface area contributed by atoms with E-state index < -0.39 is 0 Å². The first-order valence-corrected chi connectivity index (χ1v) is 6.62. The van der Waals surface area contributed by atoms with Crippen LogP contribution in [0.5, 0.6) is 5.75 Å². The number of nitrogens with zero attached hydrogens (tertiary/aromatic N) is 1. The fraction of sp³-hybridized carbons (Fsp3) is 0.462. The maximum Gasteiger partial charge on any atom is 0.137 e. The Labute approximate surface area is 122 Å². The molecule has 3 nitrogen and oxygen atoms in total. The fourth-order valence-electron chi connectivity index (χ4n) is 1.97. The monoisotopic (exact) mass is 330 g/mol. The molecule has 1 heterocycles. The second-order valence-electron chi connectivity index (χ2n) is 4.26. The molecule has 0 unspecified atom stereocenters. The summed E-state index contributed by atoms with van der Waals surface area (Å²) < 4.78 is 6.66. The maximum atomic E-state index is 9.02. The van der Waals surface area contributed by atoms with Gasteiger partial charge >= 0.3 is 0 Å². The third-order valence-electron chi connectivity index (χ3n) is 3.00. The summed E-state index contributed by atoms with van der Waals surface area (Å²) in [6, 6.07) is 7.70. The van der Waals surface area contributed by atoms with Crippen molar-refractivity contribution in [3.05, 3.63) is 28.2 Å². The molecule has 1 fully saturated rings. The molecule has 0 atom stereocenters. The van der Waals surface area contributed by atoms with Crippen LogP contribution in [0.4, 0.5) is 0 Å². The van der Waals surface area contributed by atoms with E-state index in [1.807, 2.05) is 12.1 Å². The smallest absolute Gasteiger partial charge is 0.137 e. The zero-order chi connectivity index (χ0) is 12.1. The minimum atomic E-state index is 0. The molecule has 0 bridgehead atoms. The van der Waals surface area contributed by atoms with Gasteiger partial charge in [0.2, 0.25) is 0 Å². The molecule has 1 N–H and O–H groups in total. The molecule has 0 radical (unpaired) electrons. The fourth-order valence-corrected chi connectivity index (χ4v) is 2.33. The zero-order valence-electron chi connectivity index (χ0n) is 9.99. The number of hydrogen-bond donors (Lipinski definition) is 1. The summed E-state index contributed by atoms with van der Waals surface area (Å²) in [6.45, 7) is 2.84. The van der Waals surface area contributed by atoms with Gasteiger partial charge < -0.3 is 10.1 Å². The Hall–Kier alpha value is -0.760. The Kier molecular flexibility index (Phi) is 6.48. The molecule has 18 heavy (non-hydrogen) atoms. The maximum absolute atomic E-state index is 9.02. The lowest BCUT2D eigenvalue weighted by molar-refractivity contribution is 0.215. The van der Waals surface area contributed by atoms with E-state index >= 15 is 0 Å². The van der Waals surface area contributed by atoms with E-state index in [0.29, 0.717) is 23.8 Å². The highest BCUT2D eigenvalue weighted by molar-refractivity contribution is 9.10. The lowest BCUT2D eigenvalue weighted by Gasteiger charge is -2.22. The van der Waals surface area contributed by atoms with E-state index in [1.165, 1.54) is 0 Å². The molecule has 1 aromatic carbocycles. The molecule has 1 saturated heterocycles. The largest absolute Gasteiger partial charge is 0.492 e. The first kappa shape index (κ1) is 15.3. The highest BCUT2D eigenvalue weighted by Gasteiger charge is 2.14. The third-order valence-corrected chi connectivity index (χ3v) is 3.49. The van der Waals surface area contributed by atoms with Crippen LogP contribution in [-0.2, 0) is 0 Å². The molecule has 1 aliphatic rings. The van der Waals surface area contributed by atoms with Crippen molar-refractivity contribution in [1.82, 2.24) is 5.32 Å². The van der Waals surface area contributed by atoms with Crippen LogP contribution in [0, 0.1) is 17.2 Å². The molecular formula is C13H16BrClN2O. The van der Waals surface area contributed by atoms with Gasteiger partial charge in [-0.2, -0.15) is 5.26 Å². The van der Waals surface area contributed by atoms with E-state index in [0.717, 1.165) is 30.4 Å². The summed E-state index contributed by atoms with van der Waals surface area (Å²) >= 11 is 3.35. The van der Waals surface area contributed by atoms with Gasteiger partial charge in [-0.1, -0.05) is 15.9 Å². The molecule has 0 spiro atoms. The SMILES string of the molecule is Cl.N#Cc1cc(Br)ccc1OCC1CCNCC1. The lowest BCUT2D eigenvalue weighted by atomic mass is 9.99. The lowest BCUT2D eigenvalue weighted by Crippen LogP contribution is -2.30. The van der Waals surface area contributed by atoms with Crippen LogP contribution in [-0.4, -0.2) is 19.7 Å². The summed E-state index contributed by atoms with van der Waals surface area (Å²) in [5, 5.41) is 12.3. The summed E-state index contributed by atoms with van der Waals surface area (Å²) in [5.41, 5.74) is 0.591. The Morgan fingerprint density at radius 2 is 2.11 bits per heavy atom. The van der Waals surface area contributed by atoms with E-state index in [1.54, 1.807) is 6.07 Å². The van der Waals surface area contributed by atoms with Crippen LogP contribution >= 0.6 is 28.3 Å². The van der Waals surface area contributed by atoms with Gasteiger partial charge in [-0.25, -0.2) is 0 Å². The summed E-state index contributed by atoms with van der Waals surface area (Å²) in [4.78, 5) is 0. The normalized spacial score (nSPS) is 15.6. The average Bonchev–Trinajstić information content (AvgIpc) is 2.38. The van der Waals surface area contributed by atoms with Crippen molar-refractivity contribution in [3.8, 4) is 11.8 Å². The second kappa shape index (κ2) is 7.63. The number of rotatable bonds is 3. The minimum absolute atomic E-state index is 0. The molecule has 0 aromatic heterocycles. The molecule has 5 heteroatoms. The summed E-state index contributed by atoms with van der Waals surface area (Å²) in [6.07, 6.45) is 2.30. The van der Waals surface area contributed by atoms with E-state index in [4.69, 9.17) is 10.00 Å². The molecule has 0 amide bonds. The molecule has 1 aromatic rings. The van der Waals surface area contributed by atoms with Gasteiger partial charge in [0.25, 0.3) is 0 Å². The number of hydrogen-bond acceptors (Lipinski definition) is 3. The van der Waals surface area contributed by atoms with Gasteiger partial charge in [0.1, 0.15) is 11.8 Å². The Bertz CT molecular complexity index is 427. The quantitative estimate of drug-likeness (QED) is 0.925. The van der Waals surface area contributed by atoms with Crippen LogP contribution < -0.4 is 10.1 Å². The predicted octanol–water partition coefficient (Wildman–Crippen LogP) is 3.12. The van der Waals surface area contributed by atoms with Gasteiger partial charge in [0.15, 0.2) is 0 Å². The molecule has 98 valence electrons. The van der Waals surface area contributed by atoms with Crippen LogP contribution in [0.2, 0.25) is 0 Å². The van der Waals surface area contributed by atoms with Gasteiger partial charge in [-0.15, -0.1) is 12.4 Å². The topological polar surface area (TPSA) is 45.0 Å². The third kappa shape index (κ3) is 4.16. The Morgan fingerprint density at radius 3 is 2.78 bits per heavy atom. The van der Waals surface area contributed by atoms with E-state index in [2.05, 4.69) is 27.3 Å². The molecule has 0 saturated carbocycles. The Morgan fingerprint density at radius 1 is 1.39 bits per heavy atom. The van der Waals surface area contributed by atoms with Crippen molar-refractivity contribution in [2.75, 3.05) is 19.7 Å². The van der Waals surface area contributed by atoms with Gasteiger partial charge in [-0.05, 0) is 50.0 Å². The van der Waals surface area contributed by atoms with Crippen LogP contribution in [0.25, 0.3) is 0 Å². The average molecular weight is 332 g/mol. The van der Waals surface area contributed by atoms with E-state index in [-0.39, 0.29) is 12.4 Å². The minimum Gasteiger partial charge on any atom is -0.492 e. The number of nitrogens with one attached hydrogen (secondary N) is 1. The van der Waals surface area contributed by atoms with Crippen molar-refractivity contribution in [2.45, 2.75) is 12.8 Å². The van der Waals surface area contributed by atoms with Gasteiger partial charge in [-0.3, -0.25) is 0 Å². The highest BCUT2D eigenvalue weighted by Crippen LogP contribution is 2.23. The predicted molar refractivity (Wildman–Crippen MR) is 77.2 cm³/mol. The number of benzene rings is 1. The Balaban J connectivity index is 0.00000162. The first-order valence-electron chi connectivity index (χ1n) is 5.83. The summed E-state index contributed by atoms with van der Waals surface area (Å²) in [5.74, 6) is 1.29. The van der Waals surface area contributed by atoms with Gasteiger partial charge in [0.05, 0.1) is 12.2 Å². The molecular weight excluding hydrogens is 316 g/mol. The highest BCUT2D eigenvalue weighted by atomic mass is 79.9. The van der Waals surface area contributed by atoms with Crippen LogP contribution in [0.15, 0.2) is 22.7 Å². The van der Waals surface area contributed by atoms with E-state index in [9.17, 15) is 0 Å². The number of ether oxygens (including phenoxy) is 1. The standard InChI is InChI=1S/C13H15BrN2O.ClH/c14-12-1-2-13(11(7-12)8-15)17-9-10-3-5-16-6-4-10;/h1-2,7,10,16H,3-6,9H2;1H. The molecule has 1 aliphatic heterocycles. The van der Waals surface area contributed by atoms with Crippen molar-refractivity contribution in [1.29, 1.82) is 5.26 Å². The van der Waals surface area contributed by atoms with Crippen molar-refractivity contribution in [2.24, 2.45) is 5.92 Å². The number of nitriles is 1. The van der Waals surface area contributed by atoms with Crippen LogP contribution in [0.3, 0.4) is 0 Å². The van der Waals surface area contributed by atoms with Crippen molar-refractivity contribution >= 4 is 28.3 Å². The first-order chi connectivity index (χ1) is 8.29. The van der Waals surface area contributed by atoms with Crippen LogP contribution in [0.1, 0.15) is 18.4 Å². The molecule has 0 aliphatic carbocycles. The number of piperidine rings is 1. The van der Waals surface area contributed by atoms with Crippen molar-refractivity contribution < 1.29 is 4.74 Å². The van der Waals surface area contributed by atoms with Crippen molar-refractivity contribution in [3.63, 3.8) is 0 Å². The van der Waals surface area contributed by atoms with Gasteiger partial charge in [0, 0.05) is 4.47 Å². The second-order valence-corrected chi connectivity index (χ2v) is 5.17. The zero-order valence-corrected chi connectivity index (χ0v) is 12.4. The molecule has 2 rings (SSSR count).